The van der Waals surface area contributed by atoms with Gasteiger partial charge in [0.1, 0.15) is 11.9 Å². The van der Waals surface area contributed by atoms with Crippen LogP contribution in [0.1, 0.15) is 29.8 Å². The molecule has 2 rings (SSSR count). The molecule has 0 fully saturated rings. The number of amides is 2. The van der Waals surface area contributed by atoms with Gasteiger partial charge in [0.15, 0.2) is 0 Å². The summed E-state index contributed by atoms with van der Waals surface area (Å²) in [5.74, 6) is -1.20. The highest BCUT2D eigenvalue weighted by molar-refractivity contribution is 6.01. The smallest absolute Gasteiger partial charge is 0.251 e. The van der Waals surface area contributed by atoms with Crippen LogP contribution in [0.4, 0.5) is 10.1 Å². The molecule has 1 unspecified atom stereocenters. The predicted molar refractivity (Wildman–Crippen MR) is 92.3 cm³/mol. The van der Waals surface area contributed by atoms with Crippen LogP contribution in [-0.4, -0.2) is 17.9 Å². The van der Waals surface area contributed by atoms with E-state index >= 15 is 0 Å². The molecular weight excluding hydrogens is 307 g/mol. The molecule has 0 radical (unpaired) electrons. The molecule has 0 aliphatic rings. The van der Waals surface area contributed by atoms with Crippen molar-refractivity contribution in [3.05, 3.63) is 65.5 Å². The van der Waals surface area contributed by atoms with Crippen molar-refractivity contribution in [1.82, 2.24) is 5.32 Å². The minimum absolute atomic E-state index is 0.118. The van der Waals surface area contributed by atoms with Crippen LogP contribution >= 0.6 is 0 Å². The number of hydrogen-bond donors (Lipinski definition) is 2. The number of anilines is 1. The Kier molecular flexibility index (Phi) is 5.68. The Morgan fingerprint density at radius 3 is 2.29 bits per heavy atom. The first-order valence-corrected chi connectivity index (χ1v) is 7.81. The van der Waals surface area contributed by atoms with Crippen LogP contribution in [0.5, 0.6) is 0 Å². The van der Waals surface area contributed by atoms with Gasteiger partial charge >= 0.3 is 0 Å². The third-order valence-electron chi connectivity index (χ3n) is 3.71. The quantitative estimate of drug-likeness (QED) is 0.882. The van der Waals surface area contributed by atoms with E-state index in [0.29, 0.717) is 16.8 Å². The van der Waals surface area contributed by atoms with E-state index in [4.69, 9.17) is 0 Å². The molecule has 4 nitrogen and oxygen atoms in total. The molecular formula is C19H21FN2O2. The summed E-state index contributed by atoms with van der Waals surface area (Å²) in [6.07, 6.45) is 0. The summed E-state index contributed by atoms with van der Waals surface area (Å²) in [4.78, 5) is 24.7. The Hall–Kier alpha value is -2.69. The molecule has 0 saturated heterocycles. The molecule has 0 bridgehead atoms. The lowest BCUT2D eigenvalue weighted by Crippen LogP contribution is -2.47. The fraction of sp³-hybridized carbons (Fsp3) is 0.263. The second kappa shape index (κ2) is 7.73. The van der Waals surface area contributed by atoms with Crippen molar-refractivity contribution in [2.75, 3.05) is 5.32 Å². The zero-order chi connectivity index (χ0) is 17.7. The number of benzene rings is 2. The van der Waals surface area contributed by atoms with Crippen molar-refractivity contribution in [1.29, 1.82) is 0 Å². The maximum atomic E-state index is 13.6. The highest BCUT2D eigenvalue weighted by atomic mass is 19.1. The lowest BCUT2D eigenvalue weighted by Gasteiger charge is -2.22. The zero-order valence-corrected chi connectivity index (χ0v) is 14.0. The minimum Gasteiger partial charge on any atom is -0.340 e. The first-order chi connectivity index (χ1) is 11.4. The van der Waals surface area contributed by atoms with Crippen LogP contribution < -0.4 is 10.6 Å². The van der Waals surface area contributed by atoms with Crippen LogP contribution in [0.2, 0.25) is 0 Å². The Morgan fingerprint density at radius 2 is 1.71 bits per heavy atom. The van der Waals surface area contributed by atoms with E-state index in [1.807, 2.05) is 19.9 Å². The maximum absolute atomic E-state index is 13.6. The standard InChI is InChI=1S/C19H21FN2O2/c1-12(2)17(22-18(23)14-7-5-4-6-8-14)19(24)21-15-10-9-13(3)16(20)11-15/h4-12,17H,1-3H3,(H,21,24)(H,22,23). The first-order valence-electron chi connectivity index (χ1n) is 7.81. The highest BCUT2D eigenvalue weighted by Crippen LogP contribution is 2.15. The van der Waals surface area contributed by atoms with Crippen LogP contribution in [0.3, 0.4) is 0 Å². The van der Waals surface area contributed by atoms with E-state index in [-0.39, 0.29) is 23.5 Å². The van der Waals surface area contributed by atoms with Gasteiger partial charge in [0.05, 0.1) is 0 Å². The van der Waals surface area contributed by atoms with Gasteiger partial charge in [-0.1, -0.05) is 38.1 Å². The average Bonchev–Trinajstić information content (AvgIpc) is 2.56. The molecule has 0 heterocycles. The van der Waals surface area contributed by atoms with Gasteiger partial charge in [-0.05, 0) is 42.7 Å². The van der Waals surface area contributed by atoms with Gasteiger partial charge in [-0.25, -0.2) is 4.39 Å². The monoisotopic (exact) mass is 328 g/mol. The molecule has 2 N–H and O–H groups in total. The van der Waals surface area contributed by atoms with Gasteiger partial charge in [-0.15, -0.1) is 0 Å². The van der Waals surface area contributed by atoms with E-state index in [9.17, 15) is 14.0 Å². The second-order valence-electron chi connectivity index (χ2n) is 6.01. The summed E-state index contributed by atoms with van der Waals surface area (Å²) in [6, 6.07) is 12.5. The van der Waals surface area contributed by atoms with E-state index in [0.717, 1.165) is 0 Å². The van der Waals surface area contributed by atoms with Crippen molar-refractivity contribution in [2.45, 2.75) is 26.8 Å². The normalized spacial score (nSPS) is 11.9. The van der Waals surface area contributed by atoms with Crippen LogP contribution in [0.15, 0.2) is 48.5 Å². The molecule has 0 aliphatic heterocycles. The molecule has 0 aromatic heterocycles. The van der Waals surface area contributed by atoms with Crippen molar-refractivity contribution in [3.8, 4) is 0 Å². The van der Waals surface area contributed by atoms with Crippen LogP contribution in [0.25, 0.3) is 0 Å². The summed E-state index contributed by atoms with van der Waals surface area (Å²) in [7, 11) is 0. The van der Waals surface area contributed by atoms with E-state index < -0.39 is 6.04 Å². The van der Waals surface area contributed by atoms with Crippen molar-refractivity contribution in [3.63, 3.8) is 0 Å². The van der Waals surface area contributed by atoms with Crippen LogP contribution in [0, 0.1) is 18.7 Å². The number of hydrogen-bond acceptors (Lipinski definition) is 2. The molecule has 126 valence electrons. The largest absolute Gasteiger partial charge is 0.340 e. The zero-order valence-electron chi connectivity index (χ0n) is 14.0. The summed E-state index contributed by atoms with van der Waals surface area (Å²) in [5.41, 5.74) is 1.35. The van der Waals surface area contributed by atoms with Crippen molar-refractivity contribution < 1.29 is 14.0 Å². The fourth-order valence-electron chi connectivity index (χ4n) is 2.24. The third-order valence-corrected chi connectivity index (χ3v) is 3.71. The molecule has 1 atom stereocenters. The Labute approximate surface area is 141 Å². The molecule has 2 aromatic rings. The minimum atomic E-state index is -0.720. The van der Waals surface area contributed by atoms with Gasteiger partial charge in [0.25, 0.3) is 5.91 Å². The maximum Gasteiger partial charge on any atom is 0.251 e. The summed E-state index contributed by atoms with van der Waals surface area (Å²) < 4.78 is 13.6. The lowest BCUT2D eigenvalue weighted by atomic mass is 10.0. The number of nitrogens with one attached hydrogen (secondary N) is 2. The predicted octanol–water partition coefficient (Wildman–Crippen LogP) is 3.53. The first kappa shape index (κ1) is 17.7. The highest BCUT2D eigenvalue weighted by Gasteiger charge is 2.24. The summed E-state index contributed by atoms with van der Waals surface area (Å²) >= 11 is 0. The van der Waals surface area contributed by atoms with E-state index in [1.165, 1.54) is 6.07 Å². The molecule has 0 saturated carbocycles. The molecule has 2 aromatic carbocycles. The Balaban J connectivity index is 2.10. The van der Waals surface area contributed by atoms with Crippen LogP contribution in [-0.2, 0) is 4.79 Å². The molecule has 0 aliphatic carbocycles. The van der Waals surface area contributed by atoms with E-state index in [2.05, 4.69) is 10.6 Å². The van der Waals surface area contributed by atoms with Crippen molar-refractivity contribution in [2.24, 2.45) is 5.92 Å². The van der Waals surface area contributed by atoms with Crippen molar-refractivity contribution >= 4 is 17.5 Å². The molecule has 24 heavy (non-hydrogen) atoms. The van der Waals surface area contributed by atoms with Gasteiger partial charge in [0, 0.05) is 11.3 Å². The number of aryl methyl sites for hydroxylation is 1. The van der Waals surface area contributed by atoms with Gasteiger partial charge in [-0.3, -0.25) is 9.59 Å². The summed E-state index contributed by atoms with van der Waals surface area (Å²) in [6.45, 7) is 5.33. The van der Waals surface area contributed by atoms with E-state index in [1.54, 1.807) is 43.3 Å². The lowest BCUT2D eigenvalue weighted by molar-refractivity contribution is -0.118. The molecule has 2 amide bonds. The Morgan fingerprint density at radius 1 is 1.04 bits per heavy atom. The fourth-order valence-corrected chi connectivity index (χ4v) is 2.24. The molecule has 0 spiro atoms. The Bertz CT molecular complexity index is 729. The number of carbonyl (C=O) groups is 2. The third kappa shape index (κ3) is 4.41. The van der Waals surface area contributed by atoms with Gasteiger partial charge in [0.2, 0.25) is 5.91 Å². The second-order valence-corrected chi connectivity index (χ2v) is 6.01. The number of rotatable bonds is 5. The summed E-state index contributed by atoms with van der Waals surface area (Å²) in [5, 5.41) is 5.39. The van der Waals surface area contributed by atoms with Gasteiger partial charge < -0.3 is 10.6 Å². The average molecular weight is 328 g/mol. The number of halogens is 1. The SMILES string of the molecule is Cc1ccc(NC(=O)C(NC(=O)c2ccccc2)C(C)C)cc1F. The molecule has 5 heteroatoms. The topological polar surface area (TPSA) is 58.2 Å². The van der Waals surface area contributed by atoms with Gasteiger partial charge in [-0.2, -0.15) is 0 Å². The number of carbonyl (C=O) groups excluding carboxylic acids is 2.